The number of hydrogen-bond acceptors (Lipinski definition) is 5. The van der Waals surface area contributed by atoms with Gasteiger partial charge in [-0.2, -0.15) is 0 Å². The molecule has 0 aromatic heterocycles. The smallest absolute Gasteiger partial charge is 0.313 e. The SMILES string of the molecule is COc1c(Cl)cc(C(=O)N2CC3(CC3)Oc3ccccc32)cc1[N+](=O)[O-]. The Bertz CT molecular complexity index is 926. The molecule has 4 rings (SSSR count). The average molecular weight is 375 g/mol. The first-order valence-electron chi connectivity index (χ1n) is 8.06. The first-order chi connectivity index (χ1) is 12.4. The molecule has 0 unspecified atom stereocenters. The number of nitrogens with zero attached hydrogens (tertiary/aromatic N) is 2. The minimum atomic E-state index is -0.614. The summed E-state index contributed by atoms with van der Waals surface area (Å²) in [5, 5.41) is 11.3. The summed E-state index contributed by atoms with van der Waals surface area (Å²) in [7, 11) is 1.30. The van der Waals surface area contributed by atoms with Crippen molar-refractivity contribution in [2.24, 2.45) is 0 Å². The minimum Gasteiger partial charge on any atom is -0.489 e. The number of carbonyl (C=O) groups is 1. The van der Waals surface area contributed by atoms with Gasteiger partial charge in [-0.15, -0.1) is 0 Å². The molecule has 1 aliphatic heterocycles. The molecule has 0 radical (unpaired) electrons. The Morgan fingerprint density at radius 3 is 2.73 bits per heavy atom. The van der Waals surface area contributed by atoms with Gasteiger partial charge in [0.2, 0.25) is 5.75 Å². The van der Waals surface area contributed by atoms with E-state index in [2.05, 4.69) is 0 Å². The molecule has 0 bridgehead atoms. The lowest BCUT2D eigenvalue weighted by molar-refractivity contribution is -0.385. The van der Waals surface area contributed by atoms with E-state index in [0.717, 1.165) is 12.8 Å². The lowest BCUT2D eigenvalue weighted by Crippen LogP contribution is -2.45. The van der Waals surface area contributed by atoms with Gasteiger partial charge in [0, 0.05) is 11.6 Å². The van der Waals surface area contributed by atoms with E-state index in [0.29, 0.717) is 18.0 Å². The van der Waals surface area contributed by atoms with Gasteiger partial charge in [-0.25, -0.2) is 0 Å². The second kappa shape index (κ2) is 5.88. The third-order valence-corrected chi connectivity index (χ3v) is 4.93. The first kappa shape index (κ1) is 16.7. The van der Waals surface area contributed by atoms with Crippen LogP contribution in [0.25, 0.3) is 0 Å². The van der Waals surface area contributed by atoms with Gasteiger partial charge in [-0.3, -0.25) is 14.9 Å². The number of ether oxygens (including phenoxy) is 2. The third kappa shape index (κ3) is 2.64. The summed E-state index contributed by atoms with van der Waals surface area (Å²) in [6.07, 6.45) is 1.74. The summed E-state index contributed by atoms with van der Waals surface area (Å²) >= 11 is 6.11. The summed E-state index contributed by atoms with van der Waals surface area (Å²) < 4.78 is 11.0. The lowest BCUT2D eigenvalue weighted by atomic mass is 10.1. The second-order valence-corrected chi connectivity index (χ2v) is 6.82. The highest BCUT2D eigenvalue weighted by molar-refractivity contribution is 6.33. The van der Waals surface area contributed by atoms with Crippen LogP contribution in [0.3, 0.4) is 0 Å². The molecule has 8 heteroatoms. The van der Waals surface area contributed by atoms with E-state index in [-0.39, 0.29) is 33.5 Å². The van der Waals surface area contributed by atoms with E-state index in [1.54, 1.807) is 11.0 Å². The van der Waals surface area contributed by atoms with Crippen molar-refractivity contribution in [3.8, 4) is 11.5 Å². The maximum Gasteiger partial charge on any atom is 0.313 e. The van der Waals surface area contributed by atoms with E-state index < -0.39 is 4.92 Å². The summed E-state index contributed by atoms with van der Waals surface area (Å²) in [6.45, 7) is 0.403. The van der Waals surface area contributed by atoms with Gasteiger partial charge in [-0.05, 0) is 31.0 Å². The zero-order valence-electron chi connectivity index (χ0n) is 13.9. The number of halogens is 1. The molecule has 2 aliphatic rings. The zero-order chi connectivity index (χ0) is 18.5. The third-order valence-electron chi connectivity index (χ3n) is 4.65. The lowest BCUT2D eigenvalue weighted by Gasteiger charge is -2.35. The summed E-state index contributed by atoms with van der Waals surface area (Å²) in [6, 6.07) is 9.87. The largest absolute Gasteiger partial charge is 0.489 e. The van der Waals surface area contributed by atoms with Crippen LogP contribution >= 0.6 is 11.6 Å². The number of benzene rings is 2. The number of carbonyl (C=O) groups excluding carboxylic acids is 1. The van der Waals surface area contributed by atoms with Crippen molar-refractivity contribution in [3.63, 3.8) is 0 Å². The van der Waals surface area contributed by atoms with E-state index >= 15 is 0 Å². The van der Waals surface area contributed by atoms with Crippen molar-refractivity contribution >= 4 is 28.9 Å². The number of nitro groups is 1. The Morgan fingerprint density at radius 1 is 1.35 bits per heavy atom. The van der Waals surface area contributed by atoms with Crippen LogP contribution in [0.4, 0.5) is 11.4 Å². The molecule has 0 N–H and O–H groups in total. The molecule has 134 valence electrons. The van der Waals surface area contributed by atoms with E-state index in [9.17, 15) is 14.9 Å². The minimum absolute atomic E-state index is 0.0210. The summed E-state index contributed by atoms with van der Waals surface area (Å²) in [4.78, 5) is 25.5. The van der Waals surface area contributed by atoms with Gasteiger partial charge in [0.15, 0.2) is 0 Å². The highest BCUT2D eigenvalue weighted by Gasteiger charge is 2.51. The van der Waals surface area contributed by atoms with Crippen molar-refractivity contribution in [1.82, 2.24) is 0 Å². The van der Waals surface area contributed by atoms with Crippen LogP contribution in [0.15, 0.2) is 36.4 Å². The number of amides is 1. The van der Waals surface area contributed by atoms with E-state index in [4.69, 9.17) is 21.1 Å². The second-order valence-electron chi connectivity index (χ2n) is 6.41. The molecule has 1 heterocycles. The van der Waals surface area contributed by atoms with E-state index in [1.165, 1.54) is 19.2 Å². The number of para-hydroxylation sites is 2. The number of fused-ring (bicyclic) bond motifs is 1. The molecule has 1 amide bonds. The molecule has 1 aliphatic carbocycles. The van der Waals surface area contributed by atoms with Gasteiger partial charge >= 0.3 is 5.69 Å². The van der Waals surface area contributed by atoms with Crippen molar-refractivity contribution in [2.45, 2.75) is 18.4 Å². The quantitative estimate of drug-likeness (QED) is 0.602. The summed E-state index contributed by atoms with van der Waals surface area (Å²) in [5.41, 5.74) is 0.0808. The highest BCUT2D eigenvalue weighted by atomic mass is 35.5. The molecule has 1 spiro atoms. The molecular weight excluding hydrogens is 360 g/mol. The van der Waals surface area contributed by atoms with Crippen molar-refractivity contribution in [1.29, 1.82) is 0 Å². The van der Waals surface area contributed by atoms with Crippen LogP contribution in [0.2, 0.25) is 5.02 Å². The normalized spacial score (nSPS) is 16.6. The maximum absolute atomic E-state index is 13.2. The Hall–Kier alpha value is -2.80. The fourth-order valence-electron chi connectivity index (χ4n) is 3.18. The van der Waals surface area contributed by atoms with Crippen LogP contribution in [-0.4, -0.2) is 30.1 Å². The highest BCUT2D eigenvalue weighted by Crippen LogP contribution is 2.48. The molecule has 2 aromatic rings. The van der Waals surface area contributed by atoms with Gasteiger partial charge in [0.1, 0.15) is 11.4 Å². The Morgan fingerprint density at radius 2 is 2.08 bits per heavy atom. The number of nitro benzene ring substituents is 1. The Labute approximate surface area is 154 Å². The van der Waals surface area contributed by atoms with Gasteiger partial charge in [0.05, 0.1) is 29.3 Å². The number of rotatable bonds is 3. The van der Waals surface area contributed by atoms with Gasteiger partial charge in [0.25, 0.3) is 5.91 Å². The van der Waals surface area contributed by atoms with Crippen LogP contribution < -0.4 is 14.4 Å². The zero-order valence-corrected chi connectivity index (χ0v) is 14.7. The fourth-order valence-corrected chi connectivity index (χ4v) is 3.47. The Kier molecular flexibility index (Phi) is 3.77. The molecule has 0 atom stereocenters. The van der Waals surface area contributed by atoms with Crippen LogP contribution in [-0.2, 0) is 0 Å². The van der Waals surface area contributed by atoms with Crippen molar-refractivity contribution in [3.05, 3.63) is 57.1 Å². The van der Waals surface area contributed by atoms with Gasteiger partial charge in [-0.1, -0.05) is 23.7 Å². The van der Waals surface area contributed by atoms with Crippen LogP contribution in [0.1, 0.15) is 23.2 Å². The molecule has 1 fully saturated rings. The molecule has 26 heavy (non-hydrogen) atoms. The number of hydrogen-bond donors (Lipinski definition) is 0. The monoisotopic (exact) mass is 374 g/mol. The van der Waals surface area contributed by atoms with Gasteiger partial charge < -0.3 is 14.4 Å². The predicted octanol–water partition coefficient (Wildman–Crippen LogP) is 3.83. The molecule has 7 nitrogen and oxygen atoms in total. The Balaban J connectivity index is 1.78. The summed E-state index contributed by atoms with van der Waals surface area (Å²) in [5.74, 6) is 0.215. The standard InChI is InChI=1S/C18H15ClN2O5/c1-25-16-12(19)8-11(9-14(16)21(23)24)17(22)20-10-18(6-7-18)26-15-5-3-2-4-13(15)20/h2-5,8-9H,6-7,10H2,1H3. The topological polar surface area (TPSA) is 81.9 Å². The average Bonchev–Trinajstić information content (AvgIpc) is 3.38. The molecular formula is C18H15ClN2O5. The first-order valence-corrected chi connectivity index (χ1v) is 8.44. The van der Waals surface area contributed by atoms with Crippen molar-refractivity contribution in [2.75, 3.05) is 18.6 Å². The van der Waals surface area contributed by atoms with Crippen LogP contribution in [0, 0.1) is 10.1 Å². The molecule has 0 saturated heterocycles. The predicted molar refractivity (Wildman–Crippen MR) is 95.4 cm³/mol. The van der Waals surface area contributed by atoms with Crippen molar-refractivity contribution < 1.29 is 19.2 Å². The van der Waals surface area contributed by atoms with Crippen LogP contribution in [0.5, 0.6) is 11.5 Å². The maximum atomic E-state index is 13.2. The molecule has 2 aromatic carbocycles. The molecule has 1 saturated carbocycles. The van der Waals surface area contributed by atoms with E-state index in [1.807, 2.05) is 18.2 Å². The fraction of sp³-hybridized carbons (Fsp3) is 0.278. The number of methoxy groups -OCH3 is 1. The number of anilines is 1.